The number of aliphatic carboxylic acids is 1. The fourth-order valence-corrected chi connectivity index (χ4v) is 3.46. The van der Waals surface area contributed by atoms with Crippen LogP contribution in [0.1, 0.15) is 6.42 Å². The Morgan fingerprint density at radius 2 is 1.90 bits per heavy atom. The molecule has 1 unspecified atom stereocenters. The highest BCUT2D eigenvalue weighted by Crippen LogP contribution is 2.27. The van der Waals surface area contributed by atoms with Crippen LogP contribution in [0.2, 0.25) is 0 Å². The van der Waals surface area contributed by atoms with Crippen LogP contribution in [0.5, 0.6) is 5.75 Å². The van der Waals surface area contributed by atoms with E-state index in [1.165, 1.54) is 12.3 Å². The van der Waals surface area contributed by atoms with Crippen LogP contribution in [0.4, 0.5) is 18.9 Å². The molecule has 0 aliphatic carbocycles. The van der Waals surface area contributed by atoms with Gasteiger partial charge in [-0.25, -0.2) is 9.78 Å². The summed E-state index contributed by atoms with van der Waals surface area (Å²) in [6.45, 7) is 2.50. The fourth-order valence-electron chi connectivity index (χ4n) is 2.44. The molecule has 1 aliphatic rings. The number of pyridine rings is 1. The lowest BCUT2D eigenvalue weighted by molar-refractivity contribution is -0.192. The third kappa shape index (κ3) is 7.19. The SMILES string of the molecule is O=C(O)C(F)(F)F.O=S(=O)(Nc1ccccc1OCC1CCNC1)c1ccccn1. The van der Waals surface area contributed by atoms with E-state index < -0.39 is 22.2 Å². The maximum Gasteiger partial charge on any atom is 0.490 e. The number of anilines is 1. The Kier molecular flexibility index (Phi) is 8.00. The van der Waals surface area contributed by atoms with Gasteiger partial charge in [-0.05, 0) is 37.2 Å². The Hall–Kier alpha value is -2.86. The van der Waals surface area contributed by atoms with Crippen LogP contribution in [0.25, 0.3) is 0 Å². The fraction of sp³-hybridized carbons (Fsp3) is 0.333. The number of carboxylic acids is 1. The average molecular weight is 447 g/mol. The van der Waals surface area contributed by atoms with Crippen molar-refractivity contribution in [3.8, 4) is 5.75 Å². The van der Waals surface area contributed by atoms with Crippen molar-refractivity contribution >= 4 is 21.7 Å². The number of rotatable bonds is 6. The number of alkyl halides is 3. The second-order valence-electron chi connectivity index (χ2n) is 6.24. The van der Waals surface area contributed by atoms with E-state index in [9.17, 15) is 21.6 Å². The molecule has 1 atom stereocenters. The molecule has 1 aromatic heterocycles. The van der Waals surface area contributed by atoms with Gasteiger partial charge < -0.3 is 15.2 Å². The number of ether oxygens (including phenoxy) is 1. The van der Waals surface area contributed by atoms with E-state index in [0.29, 0.717) is 24.0 Å². The Labute approximate surface area is 171 Å². The molecule has 3 N–H and O–H groups in total. The molecule has 1 aliphatic heterocycles. The van der Waals surface area contributed by atoms with Crippen LogP contribution < -0.4 is 14.8 Å². The van der Waals surface area contributed by atoms with Gasteiger partial charge >= 0.3 is 12.1 Å². The molecular weight excluding hydrogens is 427 g/mol. The van der Waals surface area contributed by atoms with Crippen molar-refractivity contribution in [1.82, 2.24) is 10.3 Å². The predicted octanol–water partition coefficient (Wildman–Crippen LogP) is 2.50. The third-order valence-corrected chi connectivity index (χ3v) is 5.20. The first kappa shape index (κ1) is 23.4. The van der Waals surface area contributed by atoms with Crippen molar-refractivity contribution in [2.45, 2.75) is 17.6 Å². The van der Waals surface area contributed by atoms with Gasteiger partial charge in [0.25, 0.3) is 10.0 Å². The van der Waals surface area contributed by atoms with Gasteiger partial charge in [-0.15, -0.1) is 0 Å². The summed E-state index contributed by atoms with van der Waals surface area (Å²) in [6, 6.07) is 11.8. The Bertz CT molecular complexity index is 934. The van der Waals surface area contributed by atoms with Crippen molar-refractivity contribution in [3.63, 3.8) is 0 Å². The minimum Gasteiger partial charge on any atom is -0.491 e. The molecule has 12 heteroatoms. The predicted molar refractivity (Wildman–Crippen MR) is 102 cm³/mol. The van der Waals surface area contributed by atoms with Gasteiger partial charge in [-0.3, -0.25) is 4.72 Å². The summed E-state index contributed by atoms with van der Waals surface area (Å²) in [5, 5.41) is 10.4. The van der Waals surface area contributed by atoms with E-state index in [0.717, 1.165) is 19.5 Å². The largest absolute Gasteiger partial charge is 0.491 e. The lowest BCUT2D eigenvalue weighted by Crippen LogP contribution is -2.21. The van der Waals surface area contributed by atoms with Crippen LogP contribution in [0, 0.1) is 5.92 Å². The molecule has 8 nitrogen and oxygen atoms in total. The highest BCUT2D eigenvalue weighted by atomic mass is 32.2. The molecule has 0 radical (unpaired) electrons. The summed E-state index contributed by atoms with van der Waals surface area (Å²) in [5.74, 6) is -1.78. The van der Waals surface area contributed by atoms with Crippen LogP contribution in [-0.2, 0) is 14.8 Å². The Balaban J connectivity index is 0.000000396. The molecule has 2 aromatic rings. The number of aromatic nitrogens is 1. The average Bonchev–Trinajstić information content (AvgIpc) is 3.21. The lowest BCUT2D eigenvalue weighted by atomic mass is 10.1. The minimum atomic E-state index is -5.08. The number of para-hydroxylation sites is 2. The number of benzene rings is 1. The number of hydrogen-bond acceptors (Lipinski definition) is 6. The smallest absolute Gasteiger partial charge is 0.490 e. The molecule has 0 bridgehead atoms. The quantitative estimate of drug-likeness (QED) is 0.623. The number of halogens is 3. The monoisotopic (exact) mass is 447 g/mol. The van der Waals surface area contributed by atoms with Crippen molar-refractivity contribution in [2.75, 3.05) is 24.4 Å². The van der Waals surface area contributed by atoms with Crippen molar-refractivity contribution in [1.29, 1.82) is 0 Å². The number of carboxylic acid groups (broad SMARTS) is 1. The maximum absolute atomic E-state index is 12.4. The van der Waals surface area contributed by atoms with Crippen molar-refractivity contribution in [2.24, 2.45) is 5.92 Å². The third-order valence-electron chi connectivity index (χ3n) is 3.92. The highest BCUT2D eigenvalue weighted by molar-refractivity contribution is 7.92. The number of carbonyl (C=O) groups is 1. The lowest BCUT2D eigenvalue weighted by Gasteiger charge is -2.15. The van der Waals surface area contributed by atoms with E-state index in [1.54, 1.807) is 30.3 Å². The zero-order chi connectivity index (χ0) is 22.2. The highest BCUT2D eigenvalue weighted by Gasteiger charge is 2.38. The summed E-state index contributed by atoms with van der Waals surface area (Å²) < 4.78 is 64.8. The number of hydrogen-bond donors (Lipinski definition) is 3. The second kappa shape index (κ2) is 10.3. The van der Waals surface area contributed by atoms with Gasteiger partial charge in [-0.2, -0.15) is 21.6 Å². The van der Waals surface area contributed by atoms with Crippen LogP contribution in [-0.4, -0.2) is 50.4 Å². The van der Waals surface area contributed by atoms with E-state index >= 15 is 0 Å². The molecule has 164 valence electrons. The van der Waals surface area contributed by atoms with Gasteiger partial charge in [0.2, 0.25) is 0 Å². The molecule has 2 heterocycles. The van der Waals surface area contributed by atoms with Crippen LogP contribution in [0.3, 0.4) is 0 Å². The van der Waals surface area contributed by atoms with Crippen LogP contribution in [0.15, 0.2) is 53.7 Å². The first-order valence-electron chi connectivity index (χ1n) is 8.76. The van der Waals surface area contributed by atoms with E-state index in [2.05, 4.69) is 15.0 Å². The van der Waals surface area contributed by atoms with Gasteiger partial charge in [0, 0.05) is 18.7 Å². The second-order valence-corrected chi connectivity index (χ2v) is 7.87. The minimum absolute atomic E-state index is 0.0187. The molecule has 30 heavy (non-hydrogen) atoms. The van der Waals surface area contributed by atoms with E-state index in [4.69, 9.17) is 14.6 Å². The standard InChI is InChI=1S/C16H19N3O3S.C2HF3O2/c20-23(21,16-7-3-4-9-18-16)19-14-5-1-2-6-15(14)22-12-13-8-10-17-11-13;3-2(4,5)1(6)7/h1-7,9,13,17,19H,8,10-12H2;(H,6,7). The molecule has 1 saturated heterocycles. The van der Waals surface area contributed by atoms with Gasteiger partial charge in [0.1, 0.15) is 5.75 Å². The summed E-state index contributed by atoms with van der Waals surface area (Å²) in [7, 11) is -3.73. The molecule has 1 aromatic carbocycles. The summed E-state index contributed by atoms with van der Waals surface area (Å²) in [5.41, 5.74) is 0.420. The maximum atomic E-state index is 12.4. The Morgan fingerprint density at radius 3 is 2.47 bits per heavy atom. The zero-order valence-corrected chi connectivity index (χ0v) is 16.4. The summed E-state index contributed by atoms with van der Waals surface area (Å²) in [4.78, 5) is 12.8. The van der Waals surface area contributed by atoms with Gasteiger partial charge in [-0.1, -0.05) is 18.2 Å². The first-order valence-corrected chi connectivity index (χ1v) is 10.2. The first-order chi connectivity index (χ1) is 14.1. The number of nitrogens with zero attached hydrogens (tertiary/aromatic N) is 1. The normalized spacial score (nSPS) is 16.3. The van der Waals surface area contributed by atoms with Crippen molar-refractivity contribution < 1.29 is 36.2 Å². The van der Waals surface area contributed by atoms with Crippen LogP contribution >= 0.6 is 0 Å². The van der Waals surface area contributed by atoms with E-state index in [1.807, 2.05) is 6.07 Å². The summed E-state index contributed by atoms with van der Waals surface area (Å²) in [6.07, 6.45) is -2.56. The Morgan fingerprint density at radius 1 is 1.23 bits per heavy atom. The number of sulfonamides is 1. The summed E-state index contributed by atoms with van der Waals surface area (Å²) >= 11 is 0. The molecule has 0 spiro atoms. The molecule has 0 amide bonds. The zero-order valence-electron chi connectivity index (χ0n) is 15.6. The molecule has 1 fully saturated rings. The number of nitrogens with one attached hydrogen (secondary N) is 2. The van der Waals surface area contributed by atoms with E-state index in [-0.39, 0.29) is 5.03 Å². The van der Waals surface area contributed by atoms with Crippen molar-refractivity contribution in [3.05, 3.63) is 48.7 Å². The molecular formula is C18H20F3N3O5S. The van der Waals surface area contributed by atoms with Gasteiger partial charge in [0.05, 0.1) is 12.3 Å². The van der Waals surface area contributed by atoms with Gasteiger partial charge in [0.15, 0.2) is 5.03 Å². The molecule has 0 saturated carbocycles. The topological polar surface area (TPSA) is 118 Å². The molecule has 3 rings (SSSR count).